The zero-order chi connectivity index (χ0) is 12.3. The van der Waals surface area contributed by atoms with Crippen LogP contribution in [0.25, 0.3) is 0 Å². The summed E-state index contributed by atoms with van der Waals surface area (Å²) < 4.78 is 0. The highest BCUT2D eigenvalue weighted by atomic mass is 35.5. The molecule has 0 unspecified atom stereocenters. The molecule has 2 heteroatoms. The van der Waals surface area contributed by atoms with Crippen LogP contribution in [0.5, 0.6) is 5.75 Å². The van der Waals surface area contributed by atoms with Crippen molar-refractivity contribution in [1.82, 2.24) is 0 Å². The first-order valence-corrected chi connectivity index (χ1v) is 7.21. The van der Waals surface area contributed by atoms with Gasteiger partial charge in [0.1, 0.15) is 5.75 Å². The van der Waals surface area contributed by atoms with E-state index in [2.05, 4.69) is 0 Å². The molecule has 0 atom stereocenters. The SMILES string of the molecule is Oc1ccccc1CCCCCCCCCCl. The predicted octanol–water partition coefficient (Wildman–Crippen LogP) is 4.90. The summed E-state index contributed by atoms with van der Waals surface area (Å²) >= 11 is 5.62. The van der Waals surface area contributed by atoms with Crippen molar-refractivity contribution in [2.24, 2.45) is 0 Å². The molecule has 0 saturated carbocycles. The van der Waals surface area contributed by atoms with Crippen LogP contribution >= 0.6 is 11.6 Å². The van der Waals surface area contributed by atoms with Crippen molar-refractivity contribution in [3.05, 3.63) is 29.8 Å². The van der Waals surface area contributed by atoms with Gasteiger partial charge in [-0.05, 0) is 30.9 Å². The number of aromatic hydroxyl groups is 1. The summed E-state index contributed by atoms with van der Waals surface area (Å²) in [7, 11) is 0. The minimum atomic E-state index is 0.439. The molecule has 1 aromatic rings. The second-order valence-corrected chi connectivity index (χ2v) is 4.92. The van der Waals surface area contributed by atoms with Crippen molar-refractivity contribution in [2.45, 2.75) is 51.4 Å². The summed E-state index contributed by atoms with van der Waals surface area (Å²) in [6, 6.07) is 7.63. The average Bonchev–Trinajstić information content (AvgIpc) is 2.35. The molecule has 96 valence electrons. The normalized spacial score (nSPS) is 10.6. The Morgan fingerprint density at radius 2 is 1.41 bits per heavy atom. The molecule has 17 heavy (non-hydrogen) atoms. The summed E-state index contributed by atoms with van der Waals surface area (Å²) in [5, 5.41) is 9.60. The van der Waals surface area contributed by atoms with Gasteiger partial charge in [-0.15, -0.1) is 11.6 Å². The van der Waals surface area contributed by atoms with Crippen molar-refractivity contribution < 1.29 is 5.11 Å². The van der Waals surface area contributed by atoms with Gasteiger partial charge in [-0.2, -0.15) is 0 Å². The lowest BCUT2D eigenvalue weighted by Crippen LogP contribution is -1.87. The number of hydrogen-bond donors (Lipinski definition) is 1. The Morgan fingerprint density at radius 1 is 0.824 bits per heavy atom. The molecule has 0 aliphatic heterocycles. The van der Waals surface area contributed by atoms with E-state index < -0.39 is 0 Å². The molecule has 1 N–H and O–H groups in total. The van der Waals surface area contributed by atoms with Crippen LogP contribution in [-0.4, -0.2) is 11.0 Å². The number of alkyl halides is 1. The molecular weight excluding hydrogens is 232 g/mol. The van der Waals surface area contributed by atoms with Crippen LogP contribution in [0.4, 0.5) is 0 Å². The maximum Gasteiger partial charge on any atom is 0.118 e. The van der Waals surface area contributed by atoms with Gasteiger partial charge in [0.05, 0.1) is 0 Å². The topological polar surface area (TPSA) is 20.2 Å². The van der Waals surface area contributed by atoms with Crippen LogP contribution in [0.3, 0.4) is 0 Å². The number of halogens is 1. The molecule has 0 aliphatic carbocycles. The molecule has 0 spiro atoms. The first-order chi connectivity index (χ1) is 8.34. The fourth-order valence-electron chi connectivity index (χ4n) is 2.02. The second-order valence-electron chi connectivity index (χ2n) is 4.54. The number of unbranched alkanes of at least 4 members (excludes halogenated alkanes) is 6. The molecule has 0 radical (unpaired) electrons. The van der Waals surface area contributed by atoms with E-state index in [9.17, 15) is 5.11 Å². The first kappa shape index (κ1) is 14.4. The third-order valence-electron chi connectivity index (χ3n) is 3.07. The van der Waals surface area contributed by atoms with Gasteiger partial charge < -0.3 is 5.11 Å². The van der Waals surface area contributed by atoms with Crippen LogP contribution in [0.2, 0.25) is 0 Å². The summed E-state index contributed by atoms with van der Waals surface area (Å²) in [6.45, 7) is 0. The second kappa shape index (κ2) is 9.35. The zero-order valence-electron chi connectivity index (χ0n) is 10.5. The van der Waals surface area contributed by atoms with E-state index >= 15 is 0 Å². The fourth-order valence-corrected chi connectivity index (χ4v) is 2.21. The van der Waals surface area contributed by atoms with Crippen LogP contribution in [0, 0.1) is 0 Å². The molecule has 0 aliphatic rings. The fraction of sp³-hybridized carbons (Fsp3) is 0.600. The van der Waals surface area contributed by atoms with Crippen molar-refractivity contribution >= 4 is 11.6 Å². The van der Waals surface area contributed by atoms with E-state index in [1.165, 1.54) is 38.5 Å². The molecule has 0 saturated heterocycles. The van der Waals surface area contributed by atoms with Gasteiger partial charge in [0.15, 0.2) is 0 Å². The van der Waals surface area contributed by atoms with Gasteiger partial charge in [-0.25, -0.2) is 0 Å². The number of rotatable bonds is 9. The standard InChI is InChI=1S/C15H23ClO/c16-13-9-5-3-1-2-4-6-10-14-11-7-8-12-15(14)17/h7-8,11-12,17H,1-6,9-10,13H2. The lowest BCUT2D eigenvalue weighted by Gasteiger charge is -2.04. The van der Waals surface area contributed by atoms with Gasteiger partial charge in [0.25, 0.3) is 0 Å². The summed E-state index contributed by atoms with van der Waals surface area (Å²) in [5.74, 6) is 1.24. The van der Waals surface area contributed by atoms with E-state index in [1.54, 1.807) is 6.07 Å². The van der Waals surface area contributed by atoms with Crippen LogP contribution in [0.15, 0.2) is 24.3 Å². The molecule has 1 rings (SSSR count). The summed E-state index contributed by atoms with van der Waals surface area (Å²) in [6.07, 6.45) is 9.77. The van der Waals surface area contributed by atoms with Gasteiger partial charge >= 0.3 is 0 Å². The first-order valence-electron chi connectivity index (χ1n) is 6.67. The minimum Gasteiger partial charge on any atom is -0.508 e. The highest BCUT2D eigenvalue weighted by Gasteiger charge is 1.98. The van der Waals surface area contributed by atoms with Gasteiger partial charge in [-0.1, -0.05) is 50.3 Å². The molecule has 1 nitrogen and oxygen atoms in total. The van der Waals surface area contributed by atoms with E-state index in [4.69, 9.17) is 11.6 Å². The van der Waals surface area contributed by atoms with Crippen molar-refractivity contribution in [3.8, 4) is 5.75 Å². The lowest BCUT2D eigenvalue weighted by molar-refractivity contribution is 0.466. The molecule has 0 heterocycles. The quantitative estimate of drug-likeness (QED) is 0.491. The van der Waals surface area contributed by atoms with Gasteiger partial charge in [0, 0.05) is 5.88 Å². The highest BCUT2D eigenvalue weighted by Crippen LogP contribution is 2.18. The average molecular weight is 255 g/mol. The Labute approximate surface area is 110 Å². The third kappa shape index (κ3) is 6.58. The Bertz CT molecular complexity index is 299. The third-order valence-corrected chi connectivity index (χ3v) is 3.34. The number of phenols is 1. The van der Waals surface area contributed by atoms with Crippen LogP contribution in [-0.2, 0) is 6.42 Å². The minimum absolute atomic E-state index is 0.439. The molecule has 0 aromatic heterocycles. The smallest absolute Gasteiger partial charge is 0.118 e. The van der Waals surface area contributed by atoms with E-state index in [0.717, 1.165) is 24.3 Å². The van der Waals surface area contributed by atoms with E-state index in [-0.39, 0.29) is 0 Å². The van der Waals surface area contributed by atoms with E-state index in [1.807, 2.05) is 18.2 Å². The van der Waals surface area contributed by atoms with Crippen LogP contribution in [0.1, 0.15) is 50.5 Å². The Kier molecular flexibility index (Phi) is 7.91. The Hall–Kier alpha value is -0.690. The maximum absolute atomic E-state index is 9.60. The zero-order valence-corrected chi connectivity index (χ0v) is 11.3. The number of phenolic OH excluding ortho intramolecular Hbond substituents is 1. The largest absolute Gasteiger partial charge is 0.508 e. The molecular formula is C15H23ClO. The maximum atomic E-state index is 9.60. The van der Waals surface area contributed by atoms with Gasteiger partial charge in [0.2, 0.25) is 0 Å². The van der Waals surface area contributed by atoms with Crippen molar-refractivity contribution in [3.63, 3.8) is 0 Å². The molecule has 0 fully saturated rings. The van der Waals surface area contributed by atoms with Crippen molar-refractivity contribution in [1.29, 1.82) is 0 Å². The van der Waals surface area contributed by atoms with Gasteiger partial charge in [-0.3, -0.25) is 0 Å². The Morgan fingerprint density at radius 3 is 2.06 bits per heavy atom. The number of aryl methyl sites for hydroxylation is 1. The molecule has 1 aromatic carbocycles. The number of benzene rings is 1. The van der Waals surface area contributed by atoms with E-state index in [0.29, 0.717) is 5.75 Å². The molecule has 0 bridgehead atoms. The predicted molar refractivity (Wildman–Crippen MR) is 74.8 cm³/mol. The molecule has 0 amide bonds. The highest BCUT2D eigenvalue weighted by molar-refractivity contribution is 6.17. The van der Waals surface area contributed by atoms with Crippen LogP contribution < -0.4 is 0 Å². The Balaban J connectivity index is 1.99. The monoisotopic (exact) mass is 254 g/mol. The van der Waals surface area contributed by atoms with Crippen molar-refractivity contribution in [2.75, 3.05) is 5.88 Å². The number of para-hydroxylation sites is 1. The number of hydrogen-bond acceptors (Lipinski definition) is 1. The summed E-state index contributed by atoms with van der Waals surface area (Å²) in [5.41, 5.74) is 1.08. The summed E-state index contributed by atoms with van der Waals surface area (Å²) in [4.78, 5) is 0. The lowest BCUT2D eigenvalue weighted by atomic mass is 10.0.